The lowest BCUT2D eigenvalue weighted by molar-refractivity contribution is 0.0613. The van der Waals surface area contributed by atoms with Crippen molar-refractivity contribution in [2.45, 2.75) is 19.8 Å². The Hall–Kier alpha value is -2.70. The van der Waals surface area contributed by atoms with Crippen molar-refractivity contribution in [1.82, 2.24) is 4.90 Å². The molecule has 0 radical (unpaired) electrons. The lowest BCUT2D eigenvalue weighted by atomic mass is 10.1. The van der Waals surface area contributed by atoms with Gasteiger partial charge in [-0.05, 0) is 42.8 Å². The highest BCUT2D eigenvalue weighted by Crippen LogP contribution is 2.16. The Labute approximate surface area is 141 Å². The van der Waals surface area contributed by atoms with Gasteiger partial charge in [0.15, 0.2) is 23.3 Å². The van der Waals surface area contributed by atoms with Crippen molar-refractivity contribution in [2.24, 2.45) is 0 Å². The van der Waals surface area contributed by atoms with E-state index in [4.69, 9.17) is 0 Å². The fraction of sp³-hybridized carbons (Fsp3) is 0.222. The molecule has 0 unspecified atom stereocenters. The van der Waals surface area contributed by atoms with Crippen LogP contribution in [0.15, 0.2) is 36.4 Å². The van der Waals surface area contributed by atoms with E-state index < -0.39 is 35.1 Å². The summed E-state index contributed by atoms with van der Waals surface area (Å²) < 4.78 is 52.8. The van der Waals surface area contributed by atoms with Gasteiger partial charge >= 0.3 is 0 Å². The molecular weight excluding hydrogens is 338 g/mol. The van der Waals surface area contributed by atoms with Crippen molar-refractivity contribution in [2.75, 3.05) is 6.54 Å². The quantitative estimate of drug-likeness (QED) is 0.593. The number of hydrogen-bond donors (Lipinski definition) is 0. The van der Waals surface area contributed by atoms with Gasteiger partial charge < -0.3 is 0 Å². The first-order valence-electron chi connectivity index (χ1n) is 7.61. The normalized spacial score (nSPS) is 10.6. The van der Waals surface area contributed by atoms with Crippen molar-refractivity contribution in [3.8, 4) is 0 Å². The van der Waals surface area contributed by atoms with E-state index in [1.54, 1.807) is 0 Å². The molecule has 0 saturated heterocycles. The molecule has 2 amide bonds. The van der Waals surface area contributed by atoms with Gasteiger partial charge in [-0.25, -0.2) is 17.6 Å². The second-order valence-corrected chi connectivity index (χ2v) is 5.37. The van der Waals surface area contributed by atoms with Gasteiger partial charge in [0.25, 0.3) is 11.8 Å². The largest absolute Gasteiger partial charge is 0.274 e. The summed E-state index contributed by atoms with van der Waals surface area (Å²) in [6.07, 6.45) is 1.12. The second kappa shape index (κ2) is 7.92. The summed E-state index contributed by atoms with van der Waals surface area (Å²) in [4.78, 5) is 25.9. The fourth-order valence-electron chi connectivity index (χ4n) is 2.18. The van der Waals surface area contributed by atoms with E-state index in [0.717, 1.165) is 29.2 Å². The van der Waals surface area contributed by atoms with Crippen molar-refractivity contribution in [3.63, 3.8) is 0 Å². The number of halogens is 4. The molecule has 0 aliphatic heterocycles. The van der Waals surface area contributed by atoms with Crippen LogP contribution in [0.1, 0.15) is 40.5 Å². The summed E-state index contributed by atoms with van der Waals surface area (Å²) in [6.45, 7) is 1.84. The van der Waals surface area contributed by atoms with Gasteiger partial charge in [0.05, 0.1) is 0 Å². The van der Waals surface area contributed by atoms with E-state index in [1.807, 2.05) is 6.92 Å². The number of imide groups is 1. The Kier molecular flexibility index (Phi) is 5.90. The highest BCUT2D eigenvalue weighted by molar-refractivity contribution is 6.10. The molecule has 0 saturated carbocycles. The molecule has 2 aromatic rings. The van der Waals surface area contributed by atoms with Crippen molar-refractivity contribution in [3.05, 3.63) is 70.8 Å². The standard InChI is InChI=1S/C18H15F4NO2/c1-2-3-8-23(17(24)11-4-6-13(19)15(21)9-11)18(25)12-5-7-14(20)16(22)10-12/h4-7,9-10H,2-3,8H2,1H3. The first kappa shape index (κ1) is 18.6. The summed E-state index contributed by atoms with van der Waals surface area (Å²) in [6, 6.07) is 5.05. The number of carbonyl (C=O) groups is 2. The van der Waals surface area contributed by atoms with E-state index in [0.29, 0.717) is 25.0 Å². The molecule has 2 aromatic carbocycles. The van der Waals surface area contributed by atoms with Crippen LogP contribution >= 0.6 is 0 Å². The number of carbonyl (C=O) groups excluding carboxylic acids is 2. The van der Waals surface area contributed by atoms with Gasteiger partial charge in [-0.1, -0.05) is 13.3 Å². The molecule has 0 spiro atoms. The summed E-state index contributed by atoms with van der Waals surface area (Å²) >= 11 is 0. The first-order chi connectivity index (χ1) is 11.8. The predicted molar refractivity (Wildman–Crippen MR) is 83.0 cm³/mol. The van der Waals surface area contributed by atoms with Gasteiger partial charge in [-0.3, -0.25) is 14.5 Å². The molecule has 7 heteroatoms. The number of unbranched alkanes of at least 4 members (excludes halogenated alkanes) is 1. The van der Waals surface area contributed by atoms with Crippen LogP contribution in [0.25, 0.3) is 0 Å². The van der Waals surface area contributed by atoms with E-state index in [-0.39, 0.29) is 17.7 Å². The predicted octanol–water partition coefficient (Wildman–Crippen LogP) is 4.33. The molecule has 2 rings (SSSR count). The third-order valence-corrected chi connectivity index (χ3v) is 3.56. The van der Waals surface area contributed by atoms with E-state index in [1.165, 1.54) is 0 Å². The Bertz CT molecular complexity index is 744. The number of hydrogen-bond acceptors (Lipinski definition) is 2. The van der Waals surface area contributed by atoms with Crippen LogP contribution in [0.2, 0.25) is 0 Å². The molecule has 3 nitrogen and oxygen atoms in total. The molecule has 25 heavy (non-hydrogen) atoms. The molecule has 0 N–H and O–H groups in total. The van der Waals surface area contributed by atoms with Crippen molar-refractivity contribution in [1.29, 1.82) is 0 Å². The Morgan fingerprint density at radius 1 is 0.800 bits per heavy atom. The van der Waals surface area contributed by atoms with Gasteiger partial charge in [0.1, 0.15) is 0 Å². The van der Waals surface area contributed by atoms with Gasteiger partial charge in [0, 0.05) is 17.7 Å². The van der Waals surface area contributed by atoms with Gasteiger partial charge in [-0.2, -0.15) is 0 Å². The molecule has 0 aromatic heterocycles. The van der Waals surface area contributed by atoms with E-state index >= 15 is 0 Å². The summed E-state index contributed by atoms with van der Waals surface area (Å²) in [7, 11) is 0. The fourth-order valence-corrected chi connectivity index (χ4v) is 2.18. The maximum absolute atomic E-state index is 13.4. The lowest BCUT2D eigenvalue weighted by Crippen LogP contribution is -2.38. The molecule has 0 bridgehead atoms. The van der Waals surface area contributed by atoms with Crippen LogP contribution in [0, 0.1) is 23.3 Å². The van der Waals surface area contributed by atoms with Crippen LogP contribution in [0.5, 0.6) is 0 Å². The SMILES string of the molecule is CCCCN(C(=O)c1ccc(F)c(F)c1)C(=O)c1ccc(F)c(F)c1. The zero-order chi connectivity index (χ0) is 18.6. The summed E-state index contributed by atoms with van der Waals surface area (Å²) in [5, 5.41) is 0. The summed E-state index contributed by atoms with van der Waals surface area (Å²) in [5.41, 5.74) is -0.433. The van der Waals surface area contributed by atoms with Crippen LogP contribution in [-0.2, 0) is 0 Å². The Morgan fingerprint density at radius 2 is 1.24 bits per heavy atom. The van der Waals surface area contributed by atoms with Gasteiger partial charge in [-0.15, -0.1) is 0 Å². The molecule has 0 fully saturated rings. The molecule has 132 valence electrons. The monoisotopic (exact) mass is 353 g/mol. The van der Waals surface area contributed by atoms with Gasteiger partial charge in [0.2, 0.25) is 0 Å². The minimum atomic E-state index is -1.22. The van der Waals surface area contributed by atoms with Crippen molar-refractivity contribution < 1.29 is 27.2 Å². The second-order valence-electron chi connectivity index (χ2n) is 5.37. The highest BCUT2D eigenvalue weighted by Gasteiger charge is 2.25. The van der Waals surface area contributed by atoms with Crippen LogP contribution < -0.4 is 0 Å². The van der Waals surface area contributed by atoms with Crippen LogP contribution in [0.4, 0.5) is 17.6 Å². The smallest absolute Gasteiger partial charge is 0.260 e. The average molecular weight is 353 g/mol. The zero-order valence-corrected chi connectivity index (χ0v) is 13.4. The number of benzene rings is 2. The average Bonchev–Trinajstić information content (AvgIpc) is 2.59. The molecular formula is C18H15F4NO2. The number of nitrogens with zero attached hydrogens (tertiary/aromatic N) is 1. The third-order valence-electron chi connectivity index (χ3n) is 3.56. The molecule has 0 heterocycles. The topological polar surface area (TPSA) is 37.4 Å². The summed E-state index contributed by atoms with van der Waals surface area (Å²) in [5.74, 6) is -6.38. The van der Waals surface area contributed by atoms with Crippen molar-refractivity contribution >= 4 is 11.8 Å². The minimum Gasteiger partial charge on any atom is -0.274 e. The number of amides is 2. The molecule has 0 atom stereocenters. The maximum atomic E-state index is 13.4. The zero-order valence-electron chi connectivity index (χ0n) is 13.4. The van der Waals surface area contributed by atoms with Crippen LogP contribution in [0.3, 0.4) is 0 Å². The minimum absolute atomic E-state index is 0.00611. The Morgan fingerprint density at radius 3 is 1.60 bits per heavy atom. The first-order valence-corrected chi connectivity index (χ1v) is 7.61. The number of rotatable bonds is 5. The highest BCUT2D eigenvalue weighted by atomic mass is 19.2. The van der Waals surface area contributed by atoms with E-state index in [2.05, 4.69) is 0 Å². The lowest BCUT2D eigenvalue weighted by Gasteiger charge is -2.21. The van der Waals surface area contributed by atoms with Crippen LogP contribution in [-0.4, -0.2) is 23.3 Å². The Balaban J connectivity index is 2.36. The third kappa shape index (κ3) is 4.23. The van der Waals surface area contributed by atoms with E-state index in [9.17, 15) is 27.2 Å². The molecule has 0 aliphatic carbocycles. The molecule has 0 aliphatic rings. The maximum Gasteiger partial charge on any atom is 0.260 e.